The number of carboxylic acid groups (broad SMARTS) is 1. The van der Waals surface area contributed by atoms with Crippen LogP contribution in [0.15, 0.2) is 30.3 Å². The number of rotatable bonds is 14. The standard InChI is InChI=1S/C30H41N9O10/c1-6-17(2)23(33-27(44)49-30(3,4)5)25(42)32-19(12-13-22(40)48-16-18-10-8-7-9-11-18)26(43)39-20(15-38(28(39)45)29(46)47)24(41)31-14-21-34-36-37-35-21/h7-11,17,19-20,23H,6,12-16H2,1-5H3,(H,31,41)(H,32,42)(H,33,44)(H,46,47)(H,34,35,36,37). The molecule has 1 fully saturated rings. The van der Waals surface area contributed by atoms with Gasteiger partial charge in [-0.2, -0.15) is 5.21 Å². The lowest BCUT2D eigenvalue weighted by Gasteiger charge is -2.29. The molecule has 1 aliphatic rings. The number of amides is 7. The highest BCUT2D eigenvalue weighted by atomic mass is 16.6. The molecule has 266 valence electrons. The summed E-state index contributed by atoms with van der Waals surface area (Å²) in [5, 5.41) is 30.0. The summed E-state index contributed by atoms with van der Waals surface area (Å²) in [5.74, 6) is -4.09. The van der Waals surface area contributed by atoms with Crippen molar-refractivity contribution in [2.75, 3.05) is 6.54 Å². The maximum atomic E-state index is 14.1. The molecule has 0 spiro atoms. The minimum absolute atomic E-state index is 0.0679. The third-order valence-corrected chi connectivity index (χ3v) is 7.35. The molecule has 2 aromatic rings. The number of carbonyl (C=O) groups is 7. The lowest BCUT2D eigenvalue weighted by atomic mass is 9.97. The van der Waals surface area contributed by atoms with E-state index in [-0.39, 0.29) is 23.9 Å². The molecule has 1 aromatic heterocycles. The maximum Gasteiger partial charge on any atom is 0.415 e. The number of nitrogens with zero attached hydrogens (tertiary/aromatic N) is 5. The van der Waals surface area contributed by atoms with E-state index in [1.807, 2.05) is 0 Å². The first-order valence-corrected chi connectivity index (χ1v) is 15.5. The number of hydrogen-bond acceptors (Lipinski definition) is 12. The molecule has 0 saturated carbocycles. The molecular formula is C30H41N9O10. The number of nitrogens with one attached hydrogen (secondary N) is 4. The lowest BCUT2D eigenvalue weighted by Crippen LogP contribution is -2.59. The minimum Gasteiger partial charge on any atom is -0.465 e. The van der Waals surface area contributed by atoms with Crippen molar-refractivity contribution < 1.29 is 48.1 Å². The molecule has 1 aliphatic heterocycles. The highest BCUT2D eigenvalue weighted by Crippen LogP contribution is 2.21. The number of H-pyrrole nitrogens is 1. The van der Waals surface area contributed by atoms with Crippen LogP contribution in [0.5, 0.6) is 0 Å². The molecule has 5 N–H and O–H groups in total. The second kappa shape index (κ2) is 17.0. The van der Waals surface area contributed by atoms with Crippen LogP contribution in [0.1, 0.15) is 65.3 Å². The normalized spacial score (nSPS) is 16.3. The molecule has 0 bridgehead atoms. The number of aromatic amines is 1. The molecule has 4 atom stereocenters. The van der Waals surface area contributed by atoms with E-state index in [0.717, 1.165) is 0 Å². The smallest absolute Gasteiger partial charge is 0.415 e. The van der Waals surface area contributed by atoms with Crippen LogP contribution in [0, 0.1) is 5.92 Å². The van der Waals surface area contributed by atoms with Crippen molar-refractivity contribution in [3.8, 4) is 0 Å². The van der Waals surface area contributed by atoms with Crippen LogP contribution in [0.2, 0.25) is 0 Å². The molecule has 2 heterocycles. The Morgan fingerprint density at radius 1 is 1.10 bits per heavy atom. The number of imide groups is 2. The van der Waals surface area contributed by atoms with Gasteiger partial charge in [-0.3, -0.25) is 19.2 Å². The molecule has 49 heavy (non-hydrogen) atoms. The van der Waals surface area contributed by atoms with E-state index in [4.69, 9.17) is 9.47 Å². The van der Waals surface area contributed by atoms with Crippen LogP contribution >= 0.6 is 0 Å². The first-order valence-electron chi connectivity index (χ1n) is 15.5. The van der Waals surface area contributed by atoms with Gasteiger partial charge in [0.25, 0.3) is 5.91 Å². The number of benzene rings is 1. The summed E-state index contributed by atoms with van der Waals surface area (Å²) < 4.78 is 10.6. The quantitative estimate of drug-likeness (QED) is 0.174. The molecule has 1 aromatic carbocycles. The van der Waals surface area contributed by atoms with Gasteiger partial charge in [0.1, 0.15) is 30.3 Å². The van der Waals surface area contributed by atoms with E-state index >= 15 is 0 Å². The van der Waals surface area contributed by atoms with Crippen LogP contribution in [0.4, 0.5) is 14.4 Å². The fourth-order valence-electron chi connectivity index (χ4n) is 4.64. The Labute approximate surface area is 281 Å². The summed E-state index contributed by atoms with van der Waals surface area (Å²) in [6.07, 6.45) is -3.04. The lowest BCUT2D eigenvalue weighted by molar-refractivity contribution is -0.146. The number of hydrogen-bond donors (Lipinski definition) is 5. The highest BCUT2D eigenvalue weighted by molar-refractivity contribution is 6.08. The third kappa shape index (κ3) is 11.0. The van der Waals surface area contributed by atoms with E-state index in [2.05, 4.69) is 36.6 Å². The van der Waals surface area contributed by atoms with Crippen molar-refractivity contribution in [3.05, 3.63) is 41.7 Å². The number of ether oxygens (including phenoxy) is 2. The summed E-state index contributed by atoms with van der Waals surface area (Å²) >= 11 is 0. The Bertz CT molecular complexity index is 1500. The van der Waals surface area contributed by atoms with Gasteiger partial charge in [-0.15, -0.1) is 10.2 Å². The van der Waals surface area contributed by atoms with Gasteiger partial charge in [-0.1, -0.05) is 55.8 Å². The molecule has 19 heteroatoms. The molecule has 0 aliphatic carbocycles. The van der Waals surface area contributed by atoms with Crippen molar-refractivity contribution in [1.82, 2.24) is 46.4 Å². The van der Waals surface area contributed by atoms with Gasteiger partial charge in [-0.25, -0.2) is 24.2 Å². The van der Waals surface area contributed by atoms with E-state index in [1.54, 1.807) is 65.0 Å². The highest BCUT2D eigenvalue weighted by Gasteiger charge is 2.49. The molecule has 1 saturated heterocycles. The Balaban J connectivity index is 1.88. The predicted molar refractivity (Wildman–Crippen MR) is 167 cm³/mol. The molecular weight excluding hydrogens is 646 g/mol. The topological polar surface area (TPSA) is 255 Å². The Hall–Kier alpha value is -5.62. The Morgan fingerprint density at radius 2 is 1.80 bits per heavy atom. The number of tetrazole rings is 1. The zero-order valence-electron chi connectivity index (χ0n) is 27.8. The van der Waals surface area contributed by atoms with E-state index in [0.29, 0.717) is 16.9 Å². The molecule has 0 radical (unpaired) electrons. The number of carbonyl (C=O) groups excluding carboxylic acids is 6. The molecule has 4 unspecified atom stereocenters. The second-order valence-electron chi connectivity index (χ2n) is 12.2. The first kappa shape index (κ1) is 37.8. The number of aromatic nitrogens is 4. The molecule has 7 amide bonds. The largest absolute Gasteiger partial charge is 0.465 e. The summed E-state index contributed by atoms with van der Waals surface area (Å²) in [6.45, 7) is 7.31. The van der Waals surface area contributed by atoms with Crippen molar-refractivity contribution in [2.45, 2.75) is 90.8 Å². The third-order valence-electron chi connectivity index (χ3n) is 7.35. The van der Waals surface area contributed by atoms with Crippen LogP contribution in [-0.2, 0) is 41.8 Å². The number of esters is 1. The maximum absolute atomic E-state index is 14.1. The van der Waals surface area contributed by atoms with Crippen molar-refractivity contribution in [3.63, 3.8) is 0 Å². The fourth-order valence-corrected chi connectivity index (χ4v) is 4.64. The van der Waals surface area contributed by atoms with Crippen molar-refractivity contribution >= 4 is 41.9 Å². The van der Waals surface area contributed by atoms with Crippen LogP contribution in [-0.4, -0.2) is 108 Å². The molecule has 3 rings (SSSR count). The monoisotopic (exact) mass is 687 g/mol. The Kier molecular flexibility index (Phi) is 13.1. The van der Waals surface area contributed by atoms with Gasteiger partial charge in [0.15, 0.2) is 5.82 Å². The predicted octanol–water partition coefficient (Wildman–Crippen LogP) is 1.07. The number of urea groups is 1. The van der Waals surface area contributed by atoms with Gasteiger partial charge in [0.2, 0.25) is 11.8 Å². The SMILES string of the molecule is CCC(C)C(NC(=O)OC(C)(C)C)C(=O)NC(CCC(=O)OCc1ccccc1)C(=O)N1C(=O)N(C(=O)O)CC1C(=O)NCc1nn[nH]n1. The van der Waals surface area contributed by atoms with Crippen LogP contribution in [0.25, 0.3) is 0 Å². The van der Waals surface area contributed by atoms with Crippen molar-refractivity contribution in [2.24, 2.45) is 5.92 Å². The summed E-state index contributed by atoms with van der Waals surface area (Å²) in [5.41, 5.74) is -0.183. The van der Waals surface area contributed by atoms with Gasteiger partial charge >= 0.3 is 24.2 Å². The molecule has 19 nitrogen and oxygen atoms in total. The van der Waals surface area contributed by atoms with E-state index in [9.17, 15) is 38.7 Å². The van der Waals surface area contributed by atoms with E-state index < -0.39 is 90.9 Å². The fraction of sp³-hybridized carbons (Fsp3) is 0.533. The first-order chi connectivity index (χ1) is 23.1. The average Bonchev–Trinajstić information content (AvgIpc) is 3.70. The van der Waals surface area contributed by atoms with Crippen LogP contribution < -0.4 is 16.0 Å². The average molecular weight is 688 g/mol. The summed E-state index contributed by atoms with van der Waals surface area (Å²) in [7, 11) is 0. The summed E-state index contributed by atoms with van der Waals surface area (Å²) in [6, 6.07) is 2.92. The zero-order valence-corrected chi connectivity index (χ0v) is 27.8. The van der Waals surface area contributed by atoms with Crippen molar-refractivity contribution in [1.29, 1.82) is 0 Å². The number of alkyl carbamates (subject to hydrolysis) is 1. The Morgan fingerprint density at radius 3 is 2.39 bits per heavy atom. The second-order valence-corrected chi connectivity index (χ2v) is 12.2. The summed E-state index contributed by atoms with van der Waals surface area (Å²) in [4.78, 5) is 92.1. The van der Waals surface area contributed by atoms with E-state index in [1.165, 1.54) is 0 Å². The van der Waals surface area contributed by atoms with Gasteiger partial charge in [-0.05, 0) is 38.7 Å². The van der Waals surface area contributed by atoms with Gasteiger partial charge in [0.05, 0.1) is 13.1 Å². The minimum atomic E-state index is -1.72. The zero-order chi connectivity index (χ0) is 36.3. The van der Waals surface area contributed by atoms with Gasteiger partial charge in [0, 0.05) is 6.42 Å². The van der Waals surface area contributed by atoms with Crippen LogP contribution in [0.3, 0.4) is 0 Å². The van der Waals surface area contributed by atoms with Gasteiger partial charge < -0.3 is 30.5 Å².